The molecule has 0 heterocycles. The molecule has 2 rings (SSSR count). The number of hydrogen-bond donors (Lipinski definition) is 0. The van der Waals surface area contributed by atoms with Crippen molar-refractivity contribution in [3.8, 4) is 5.75 Å². The Morgan fingerprint density at radius 1 is 1.20 bits per heavy atom. The van der Waals surface area contributed by atoms with E-state index in [2.05, 4.69) is 15.9 Å². The zero-order valence-corrected chi connectivity index (χ0v) is 14.2. The minimum absolute atomic E-state index is 0.139. The van der Waals surface area contributed by atoms with Crippen LogP contribution >= 0.6 is 39.1 Å². The molecule has 0 aliphatic rings. The molecule has 1 unspecified atom stereocenters. The molecule has 0 aliphatic heterocycles. The van der Waals surface area contributed by atoms with Gasteiger partial charge in [-0.2, -0.15) is 0 Å². The van der Waals surface area contributed by atoms with Crippen LogP contribution in [0.1, 0.15) is 23.4 Å². The second-order valence-corrected chi connectivity index (χ2v) is 6.17. The van der Waals surface area contributed by atoms with Crippen LogP contribution in [0, 0.1) is 0 Å². The van der Waals surface area contributed by atoms with Gasteiger partial charge in [-0.1, -0.05) is 51.8 Å². The third kappa shape index (κ3) is 3.91. The number of ether oxygens (including phenoxy) is 1. The Kier molecular flexibility index (Phi) is 5.76. The first-order valence-electron chi connectivity index (χ1n) is 6.41. The lowest BCUT2D eigenvalue weighted by molar-refractivity contribution is 0.340. The van der Waals surface area contributed by atoms with Crippen molar-refractivity contribution >= 4 is 39.1 Å². The van der Waals surface area contributed by atoms with Crippen molar-refractivity contribution in [1.29, 1.82) is 0 Å². The van der Waals surface area contributed by atoms with Crippen LogP contribution in [-0.4, -0.2) is 6.61 Å². The quantitative estimate of drug-likeness (QED) is 0.582. The summed E-state index contributed by atoms with van der Waals surface area (Å²) in [4.78, 5) is 0. The Bertz CT molecular complexity index is 586. The van der Waals surface area contributed by atoms with Crippen molar-refractivity contribution < 1.29 is 4.74 Å². The van der Waals surface area contributed by atoms with Crippen LogP contribution in [0.2, 0.25) is 5.02 Å². The average molecular weight is 374 g/mol. The van der Waals surface area contributed by atoms with E-state index in [1.807, 2.05) is 49.4 Å². The summed E-state index contributed by atoms with van der Waals surface area (Å²) in [6.45, 7) is 2.61. The highest BCUT2D eigenvalue weighted by atomic mass is 79.9. The average Bonchev–Trinajstić information content (AvgIpc) is 2.42. The molecule has 0 spiro atoms. The van der Waals surface area contributed by atoms with Crippen LogP contribution in [0.25, 0.3) is 0 Å². The van der Waals surface area contributed by atoms with Crippen molar-refractivity contribution in [2.45, 2.75) is 18.7 Å². The molecule has 0 radical (unpaired) electrons. The van der Waals surface area contributed by atoms with Crippen LogP contribution in [0.15, 0.2) is 46.9 Å². The van der Waals surface area contributed by atoms with E-state index < -0.39 is 0 Å². The highest BCUT2D eigenvalue weighted by Gasteiger charge is 2.14. The lowest BCUT2D eigenvalue weighted by Gasteiger charge is -2.14. The van der Waals surface area contributed by atoms with Crippen molar-refractivity contribution in [2.24, 2.45) is 0 Å². The third-order valence-corrected chi connectivity index (χ3v) is 4.42. The van der Waals surface area contributed by atoms with Gasteiger partial charge in [0.15, 0.2) is 0 Å². The predicted octanol–water partition coefficient (Wildman–Crippen LogP) is 6.02. The van der Waals surface area contributed by atoms with Gasteiger partial charge in [-0.3, -0.25) is 0 Å². The van der Waals surface area contributed by atoms with E-state index >= 15 is 0 Å². The van der Waals surface area contributed by atoms with E-state index in [4.69, 9.17) is 27.9 Å². The van der Waals surface area contributed by atoms with E-state index in [1.165, 1.54) is 0 Å². The van der Waals surface area contributed by atoms with Crippen molar-refractivity contribution in [1.82, 2.24) is 0 Å². The van der Waals surface area contributed by atoms with E-state index in [0.717, 1.165) is 26.4 Å². The molecule has 0 aliphatic carbocycles. The number of benzene rings is 2. The van der Waals surface area contributed by atoms with Gasteiger partial charge in [0, 0.05) is 9.50 Å². The van der Waals surface area contributed by atoms with Gasteiger partial charge in [0.25, 0.3) is 0 Å². The minimum Gasteiger partial charge on any atom is -0.494 e. The summed E-state index contributed by atoms with van der Waals surface area (Å²) in [7, 11) is 0. The molecule has 1 atom stereocenters. The van der Waals surface area contributed by atoms with Crippen LogP contribution < -0.4 is 4.74 Å². The summed E-state index contributed by atoms with van der Waals surface area (Å²) >= 11 is 16.2. The summed E-state index contributed by atoms with van der Waals surface area (Å²) in [6.07, 6.45) is 0.688. The Morgan fingerprint density at radius 2 is 1.95 bits per heavy atom. The smallest absolute Gasteiger partial charge is 0.120 e. The molecule has 0 saturated heterocycles. The van der Waals surface area contributed by atoms with Gasteiger partial charge in [-0.25, -0.2) is 0 Å². The number of rotatable bonds is 5. The standard InChI is InChI=1S/C16H15BrCl2O/c1-2-20-12-7-8-13(14(17)10-12)16(19)9-11-5-3-4-6-15(11)18/h3-8,10,16H,2,9H2,1H3. The summed E-state index contributed by atoms with van der Waals surface area (Å²) < 4.78 is 6.42. The highest BCUT2D eigenvalue weighted by Crippen LogP contribution is 2.34. The molecule has 106 valence electrons. The first-order chi connectivity index (χ1) is 9.61. The van der Waals surface area contributed by atoms with Crippen LogP contribution in [-0.2, 0) is 6.42 Å². The van der Waals surface area contributed by atoms with Gasteiger partial charge in [0.1, 0.15) is 5.75 Å². The number of hydrogen-bond acceptors (Lipinski definition) is 1. The van der Waals surface area contributed by atoms with Crippen LogP contribution in [0.3, 0.4) is 0 Å². The fourth-order valence-electron chi connectivity index (χ4n) is 1.99. The predicted molar refractivity (Wildman–Crippen MR) is 89.1 cm³/mol. The van der Waals surface area contributed by atoms with E-state index in [1.54, 1.807) is 0 Å². The molecular formula is C16H15BrCl2O. The Morgan fingerprint density at radius 3 is 2.60 bits per heavy atom. The second kappa shape index (κ2) is 7.35. The van der Waals surface area contributed by atoms with Crippen molar-refractivity contribution in [2.75, 3.05) is 6.61 Å². The van der Waals surface area contributed by atoms with Gasteiger partial charge in [-0.15, -0.1) is 11.6 Å². The monoisotopic (exact) mass is 372 g/mol. The van der Waals surface area contributed by atoms with Gasteiger partial charge in [0.05, 0.1) is 12.0 Å². The minimum atomic E-state index is -0.139. The normalized spacial score (nSPS) is 12.2. The van der Waals surface area contributed by atoms with E-state index in [-0.39, 0.29) is 5.38 Å². The fraction of sp³-hybridized carbons (Fsp3) is 0.250. The maximum absolute atomic E-state index is 6.52. The van der Waals surface area contributed by atoms with E-state index in [0.29, 0.717) is 13.0 Å². The fourth-order valence-corrected chi connectivity index (χ4v) is 3.32. The van der Waals surface area contributed by atoms with Gasteiger partial charge in [0.2, 0.25) is 0 Å². The summed E-state index contributed by atoms with van der Waals surface area (Å²) in [5.41, 5.74) is 2.09. The van der Waals surface area contributed by atoms with Crippen molar-refractivity contribution in [3.05, 3.63) is 63.1 Å². The van der Waals surface area contributed by atoms with Crippen LogP contribution in [0.4, 0.5) is 0 Å². The summed E-state index contributed by atoms with van der Waals surface area (Å²) in [6, 6.07) is 13.6. The zero-order valence-electron chi connectivity index (χ0n) is 11.1. The van der Waals surface area contributed by atoms with Crippen LogP contribution in [0.5, 0.6) is 5.75 Å². The van der Waals surface area contributed by atoms with Gasteiger partial charge < -0.3 is 4.74 Å². The SMILES string of the molecule is CCOc1ccc(C(Cl)Cc2ccccc2Cl)c(Br)c1. The molecule has 0 amide bonds. The summed E-state index contributed by atoms with van der Waals surface area (Å²) in [5, 5.41) is 0.611. The number of alkyl halides is 1. The molecule has 20 heavy (non-hydrogen) atoms. The maximum Gasteiger partial charge on any atom is 0.120 e. The Balaban J connectivity index is 2.17. The lowest BCUT2D eigenvalue weighted by atomic mass is 10.0. The molecule has 0 aromatic heterocycles. The van der Waals surface area contributed by atoms with E-state index in [9.17, 15) is 0 Å². The molecule has 0 saturated carbocycles. The number of halogens is 3. The first kappa shape index (κ1) is 15.7. The topological polar surface area (TPSA) is 9.23 Å². The van der Waals surface area contributed by atoms with Crippen molar-refractivity contribution in [3.63, 3.8) is 0 Å². The lowest BCUT2D eigenvalue weighted by Crippen LogP contribution is -1.99. The second-order valence-electron chi connectivity index (χ2n) is 4.38. The molecule has 0 bridgehead atoms. The Hall–Kier alpha value is -0.700. The molecule has 0 N–H and O–H groups in total. The molecule has 2 aromatic carbocycles. The molecule has 2 aromatic rings. The van der Waals surface area contributed by atoms with Gasteiger partial charge in [-0.05, 0) is 42.7 Å². The molecular weight excluding hydrogens is 359 g/mol. The first-order valence-corrected chi connectivity index (χ1v) is 8.02. The highest BCUT2D eigenvalue weighted by molar-refractivity contribution is 9.10. The molecule has 4 heteroatoms. The maximum atomic E-state index is 6.52. The van der Waals surface area contributed by atoms with Gasteiger partial charge >= 0.3 is 0 Å². The third-order valence-electron chi connectivity index (χ3n) is 2.98. The summed E-state index contributed by atoms with van der Waals surface area (Å²) in [5.74, 6) is 0.838. The molecule has 0 fully saturated rings. The zero-order chi connectivity index (χ0) is 14.5. The Labute approximate surface area is 138 Å². The largest absolute Gasteiger partial charge is 0.494 e. The molecule has 1 nitrogen and oxygen atoms in total.